The van der Waals surface area contributed by atoms with Crippen LogP contribution in [0, 0.1) is 0 Å². The van der Waals surface area contributed by atoms with E-state index in [0.29, 0.717) is 18.6 Å². The minimum atomic E-state index is -4.97. The van der Waals surface area contributed by atoms with Gasteiger partial charge in [0.05, 0.1) is 23.3 Å². The number of ether oxygens (including phenoxy) is 1. The lowest BCUT2D eigenvalue weighted by Gasteiger charge is -2.15. The zero-order chi connectivity index (χ0) is 20.4. The number of carbonyl (C=O) groups excluding carboxylic acids is 1. The molecule has 0 aliphatic carbocycles. The van der Waals surface area contributed by atoms with Gasteiger partial charge in [0.25, 0.3) is 5.91 Å². The lowest BCUT2D eigenvalue weighted by atomic mass is 9.97. The number of alkyl halides is 6. The van der Waals surface area contributed by atoms with Gasteiger partial charge >= 0.3 is 12.4 Å². The Morgan fingerprint density at radius 3 is 1.93 bits per heavy atom. The molecule has 0 bridgehead atoms. The Morgan fingerprint density at radius 1 is 0.926 bits per heavy atom. The molecule has 3 nitrogen and oxygen atoms in total. The van der Waals surface area contributed by atoms with Gasteiger partial charge in [0.2, 0.25) is 0 Å². The van der Waals surface area contributed by atoms with Crippen molar-refractivity contribution < 1.29 is 35.9 Å². The van der Waals surface area contributed by atoms with Crippen LogP contribution in [-0.2, 0) is 12.4 Å². The third kappa shape index (κ3) is 4.93. The van der Waals surface area contributed by atoms with E-state index in [1.165, 1.54) is 12.1 Å². The number of carbonyl (C=O) groups is 1. The molecule has 0 atom stereocenters. The predicted octanol–water partition coefficient (Wildman–Crippen LogP) is 5.28. The summed E-state index contributed by atoms with van der Waals surface area (Å²) in [5, 5.41) is 0. The number of hydrogen-bond acceptors (Lipinski definition) is 2. The normalized spacial score (nSPS) is 12.1. The summed E-state index contributed by atoms with van der Waals surface area (Å²) < 4.78 is 83.3. The SMILES string of the molecule is CCCOc1ccc(-c2cc(C(F)(F)F)cc(C(F)(F)F)c2)cc1C(N)=O. The Labute approximate surface area is 150 Å². The van der Waals surface area contributed by atoms with Gasteiger partial charge < -0.3 is 10.5 Å². The van der Waals surface area contributed by atoms with E-state index >= 15 is 0 Å². The molecule has 146 valence electrons. The molecule has 0 fully saturated rings. The van der Waals surface area contributed by atoms with Crippen molar-refractivity contribution >= 4 is 5.91 Å². The van der Waals surface area contributed by atoms with Crippen LogP contribution in [0.4, 0.5) is 26.3 Å². The largest absolute Gasteiger partial charge is 0.493 e. The predicted molar refractivity (Wildman–Crippen MR) is 86.2 cm³/mol. The zero-order valence-corrected chi connectivity index (χ0v) is 14.0. The van der Waals surface area contributed by atoms with Crippen LogP contribution in [-0.4, -0.2) is 12.5 Å². The number of nitrogens with two attached hydrogens (primary N) is 1. The first-order valence-corrected chi connectivity index (χ1v) is 7.80. The molecule has 0 unspecified atom stereocenters. The van der Waals surface area contributed by atoms with Crippen LogP contribution < -0.4 is 10.5 Å². The molecule has 1 amide bonds. The first kappa shape index (κ1) is 20.6. The van der Waals surface area contributed by atoms with E-state index in [4.69, 9.17) is 10.5 Å². The van der Waals surface area contributed by atoms with Crippen molar-refractivity contribution in [3.63, 3.8) is 0 Å². The lowest BCUT2D eigenvalue weighted by Crippen LogP contribution is -2.14. The first-order valence-electron chi connectivity index (χ1n) is 7.80. The second-order valence-electron chi connectivity index (χ2n) is 5.72. The van der Waals surface area contributed by atoms with E-state index < -0.39 is 29.4 Å². The van der Waals surface area contributed by atoms with E-state index in [9.17, 15) is 31.1 Å². The molecule has 27 heavy (non-hydrogen) atoms. The van der Waals surface area contributed by atoms with Gasteiger partial charge in [-0.05, 0) is 47.9 Å². The van der Waals surface area contributed by atoms with Gasteiger partial charge in [-0.1, -0.05) is 13.0 Å². The molecule has 0 saturated heterocycles. The molecule has 0 radical (unpaired) electrons. The molecule has 0 heterocycles. The van der Waals surface area contributed by atoms with Crippen LogP contribution in [0.15, 0.2) is 36.4 Å². The van der Waals surface area contributed by atoms with Crippen LogP contribution >= 0.6 is 0 Å². The average molecular weight is 391 g/mol. The van der Waals surface area contributed by atoms with Gasteiger partial charge in [-0.3, -0.25) is 4.79 Å². The summed E-state index contributed by atoms with van der Waals surface area (Å²) in [6, 6.07) is 4.88. The first-order chi connectivity index (χ1) is 12.4. The molecule has 0 aromatic heterocycles. The van der Waals surface area contributed by atoms with Crippen molar-refractivity contribution in [2.24, 2.45) is 5.73 Å². The van der Waals surface area contributed by atoms with E-state index in [-0.39, 0.29) is 35.1 Å². The van der Waals surface area contributed by atoms with Crippen LogP contribution in [0.3, 0.4) is 0 Å². The van der Waals surface area contributed by atoms with Crippen LogP contribution in [0.5, 0.6) is 5.75 Å². The third-order valence-electron chi connectivity index (χ3n) is 3.63. The van der Waals surface area contributed by atoms with Crippen molar-refractivity contribution in [1.82, 2.24) is 0 Å². The van der Waals surface area contributed by atoms with E-state index in [1.54, 1.807) is 0 Å². The molecule has 0 aliphatic rings. The summed E-state index contributed by atoms with van der Waals surface area (Å²) in [4.78, 5) is 11.6. The minimum Gasteiger partial charge on any atom is -0.493 e. The second-order valence-corrected chi connectivity index (χ2v) is 5.72. The molecule has 2 rings (SSSR count). The van der Waals surface area contributed by atoms with Crippen molar-refractivity contribution in [2.75, 3.05) is 6.61 Å². The zero-order valence-electron chi connectivity index (χ0n) is 14.0. The van der Waals surface area contributed by atoms with Crippen molar-refractivity contribution in [2.45, 2.75) is 25.7 Å². The molecule has 0 spiro atoms. The number of benzene rings is 2. The van der Waals surface area contributed by atoms with Gasteiger partial charge in [-0.2, -0.15) is 26.3 Å². The lowest BCUT2D eigenvalue weighted by molar-refractivity contribution is -0.143. The van der Waals surface area contributed by atoms with Crippen LogP contribution in [0.25, 0.3) is 11.1 Å². The smallest absolute Gasteiger partial charge is 0.416 e. The van der Waals surface area contributed by atoms with E-state index in [2.05, 4.69) is 0 Å². The van der Waals surface area contributed by atoms with E-state index in [0.717, 1.165) is 6.07 Å². The summed E-state index contributed by atoms with van der Waals surface area (Å²) in [6.45, 7) is 2.08. The van der Waals surface area contributed by atoms with E-state index in [1.807, 2.05) is 6.92 Å². The Balaban J connectivity index is 2.63. The Kier molecular flexibility index (Phi) is 5.72. The molecular formula is C18H15F6NO2. The number of hydrogen-bond donors (Lipinski definition) is 1. The Bertz CT molecular complexity index is 810. The molecule has 2 N–H and O–H groups in total. The van der Waals surface area contributed by atoms with Crippen molar-refractivity contribution in [1.29, 1.82) is 0 Å². The maximum atomic E-state index is 13.0. The second kappa shape index (κ2) is 7.50. The number of rotatable bonds is 5. The maximum absolute atomic E-state index is 13.0. The van der Waals surface area contributed by atoms with Gasteiger partial charge in [-0.25, -0.2) is 0 Å². The van der Waals surface area contributed by atoms with Gasteiger partial charge in [0.1, 0.15) is 5.75 Å². The minimum absolute atomic E-state index is 0.0238. The Hall–Kier alpha value is -2.71. The fourth-order valence-electron chi connectivity index (χ4n) is 2.36. The highest BCUT2D eigenvalue weighted by Gasteiger charge is 2.37. The monoisotopic (exact) mass is 391 g/mol. The topological polar surface area (TPSA) is 52.3 Å². The standard InChI is InChI=1S/C18H15F6NO2/c1-2-5-27-15-4-3-10(8-14(15)16(25)26)11-6-12(17(19,20)21)9-13(7-11)18(22,23)24/h3-4,6-9H,2,5H2,1H3,(H2,25,26). The Morgan fingerprint density at radius 2 is 1.48 bits per heavy atom. The van der Waals surface area contributed by atoms with Crippen LogP contribution in [0.2, 0.25) is 0 Å². The number of amides is 1. The van der Waals surface area contributed by atoms with Crippen molar-refractivity contribution in [3.8, 4) is 16.9 Å². The van der Waals surface area contributed by atoms with Crippen molar-refractivity contribution in [3.05, 3.63) is 53.1 Å². The average Bonchev–Trinajstić information content (AvgIpc) is 2.57. The van der Waals surface area contributed by atoms with Gasteiger partial charge in [0.15, 0.2) is 0 Å². The molecular weight excluding hydrogens is 376 g/mol. The summed E-state index contributed by atoms with van der Waals surface area (Å²) in [6.07, 6.45) is -9.30. The molecule has 2 aromatic rings. The third-order valence-corrected chi connectivity index (χ3v) is 3.63. The van der Waals surface area contributed by atoms with Gasteiger partial charge in [0, 0.05) is 0 Å². The number of primary amides is 1. The summed E-state index contributed by atoms with van der Waals surface area (Å²) in [5.41, 5.74) is 1.86. The highest BCUT2D eigenvalue weighted by Crippen LogP contribution is 2.39. The molecule has 0 saturated carbocycles. The fourth-order valence-corrected chi connectivity index (χ4v) is 2.36. The fraction of sp³-hybridized carbons (Fsp3) is 0.278. The molecule has 2 aromatic carbocycles. The highest BCUT2D eigenvalue weighted by atomic mass is 19.4. The summed E-state index contributed by atoms with van der Waals surface area (Å²) >= 11 is 0. The summed E-state index contributed by atoms with van der Waals surface area (Å²) in [5.74, 6) is -0.804. The highest BCUT2D eigenvalue weighted by molar-refractivity contribution is 5.97. The van der Waals surface area contributed by atoms with Gasteiger partial charge in [-0.15, -0.1) is 0 Å². The number of halogens is 6. The maximum Gasteiger partial charge on any atom is 0.416 e. The molecule has 9 heteroatoms. The van der Waals surface area contributed by atoms with Crippen LogP contribution in [0.1, 0.15) is 34.8 Å². The summed E-state index contributed by atoms with van der Waals surface area (Å²) in [7, 11) is 0. The molecule has 0 aliphatic heterocycles. The quantitative estimate of drug-likeness (QED) is 0.705.